The fourth-order valence-electron chi connectivity index (χ4n) is 1.23. The number of nitriles is 1. The lowest BCUT2D eigenvalue weighted by molar-refractivity contribution is -0.109. The maximum absolute atomic E-state index is 10.7. The van der Waals surface area contributed by atoms with Crippen LogP contribution in [-0.4, -0.2) is 12.6 Å². The molecule has 0 unspecified atom stereocenters. The van der Waals surface area contributed by atoms with E-state index in [4.69, 9.17) is 14.7 Å². The summed E-state index contributed by atoms with van der Waals surface area (Å²) >= 11 is 0. The third-order valence-electron chi connectivity index (χ3n) is 1.93. The van der Waals surface area contributed by atoms with Gasteiger partial charge in [-0.2, -0.15) is 5.26 Å². The number of nitrogens with zero attached hydrogens (tertiary/aromatic N) is 1. The Morgan fingerprint density at radius 3 is 3.00 bits per heavy atom. The molecule has 4 nitrogen and oxygen atoms in total. The van der Waals surface area contributed by atoms with E-state index >= 15 is 0 Å². The summed E-state index contributed by atoms with van der Waals surface area (Å²) in [7, 11) is 0. The van der Waals surface area contributed by atoms with Crippen LogP contribution in [0.5, 0.6) is 11.5 Å². The van der Waals surface area contributed by atoms with Crippen LogP contribution in [0.4, 0.5) is 0 Å². The Hall–Kier alpha value is -2.28. The number of hydrogen-bond acceptors (Lipinski definition) is 4. The second-order valence-corrected chi connectivity index (χ2v) is 2.92. The van der Waals surface area contributed by atoms with Crippen molar-refractivity contribution in [3.05, 3.63) is 29.8 Å². The minimum absolute atomic E-state index is 0.222. The quantitative estimate of drug-likeness (QED) is 0.537. The fourth-order valence-corrected chi connectivity index (χ4v) is 1.23. The van der Waals surface area contributed by atoms with E-state index in [-0.39, 0.29) is 6.79 Å². The van der Waals surface area contributed by atoms with Gasteiger partial charge in [-0.3, -0.25) is 4.79 Å². The molecule has 1 aromatic rings. The molecule has 0 amide bonds. The van der Waals surface area contributed by atoms with Crippen molar-refractivity contribution in [2.45, 2.75) is 0 Å². The lowest BCUT2D eigenvalue weighted by atomic mass is 10.2. The van der Waals surface area contributed by atoms with Crippen LogP contribution in [0, 0.1) is 11.3 Å². The van der Waals surface area contributed by atoms with Crippen LogP contribution >= 0.6 is 0 Å². The van der Waals surface area contributed by atoms with Gasteiger partial charge in [-0.25, -0.2) is 0 Å². The smallest absolute Gasteiger partial charge is 0.255 e. The number of carbonyl (C=O) groups is 1. The molecule has 1 heterocycles. The third kappa shape index (κ3) is 1.97. The molecule has 0 saturated heterocycles. The maximum atomic E-state index is 10.7. The second-order valence-electron chi connectivity index (χ2n) is 2.92. The highest BCUT2D eigenvalue weighted by Gasteiger charge is 2.12. The normalized spacial score (nSPS) is 12.7. The highest BCUT2D eigenvalue weighted by molar-refractivity contribution is 6.04. The molecule has 0 fully saturated rings. The molecule has 0 spiro atoms. The van der Waals surface area contributed by atoms with Crippen LogP contribution in [0.3, 0.4) is 0 Å². The molecule has 74 valence electrons. The largest absolute Gasteiger partial charge is 0.454 e. The predicted octanol–water partition coefficient (Wildman–Crippen LogP) is 1.52. The van der Waals surface area contributed by atoms with Gasteiger partial charge in [0.25, 0.3) is 5.78 Å². The van der Waals surface area contributed by atoms with Crippen molar-refractivity contribution in [3.63, 3.8) is 0 Å². The van der Waals surface area contributed by atoms with Crippen LogP contribution in [0.25, 0.3) is 6.08 Å². The molecular formula is C11H7NO3. The number of allylic oxidation sites excluding steroid dienone is 1. The van der Waals surface area contributed by atoms with Crippen molar-refractivity contribution in [1.29, 1.82) is 5.26 Å². The average Bonchev–Trinajstić information content (AvgIpc) is 2.72. The van der Waals surface area contributed by atoms with E-state index in [0.29, 0.717) is 11.5 Å². The van der Waals surface area contributed by atoms with E-state index in [0.717, 1.165) is 5.56 Å². The molecule has 0 atom stereocenters. The fraction of sp³-hybridized carbons (Fsp3) is 0.0909. The van der Waals surface area contributed by atoms with Crippen molar-refractivity contribution in [3.8, 4) is 17.6 Å². The number of fused-ring (bicyclic) bond motifs is 1. The van der Waals surface area contributed by atoms with Gasteiger partial charge in [-0.05, 0) is 23.8 Å². The van der Waals surface area contributed by atoms with E-state index in [1.54, 1.807) is 24.3 Å². The van der Waals surface area contributed by atoms with Gasteiger partial charge in [0.2, 0.25) is 6.79 Å². The number of rotatable bonds is 2. The minimum Gasteiger partial charge on any atom is -0.454 e. The lowest BCUT2D eigenvalue weighted by Crippen LogP contribution is -1.92. The summed E-state index contributed by atoms with van der Waals surface area (Å²) in [6, 6.07) is 6.81. The zero-order chi connectivity index (χ0) is 10.7. The highest BCUT2D eigenvalue weighted by atomic mass is 16.7. The molecular weight excluding hydrogens is 194 g/mol. The Bertz CT molecular complexity index is 471. The third-order valence-corrected chi connectivity index (χ3v) is 1.93. The van der Waals surface area contributed by atoms with Crippen LogP contribution in [0.1, 0.15) is 5.56 Å². The van der Waals surface area contributed by atoms with Crippen molar-refractivity contribution < 1.29 is 14.3 Å². The zero-order valence-electron chi connectivity index (χ0n) is 7.77. The average molecular weight is 201 g/mol. The van der Waals surface area contributed by atoms with Crippen molar-refractivity contribution in [2.75, 3.05) is 6.79 Å². The first-order valence-corrected chi connectivity index (χ1v) is 4.31. The van der Waals surface area contributed by atoms with Crippen molar-refractivity contribution >= 4 is 11.9 Å². The van der Waals surface area contributed by atoms with Crippen LogP contribution < -0.4 is 9.47 Å². The molecule has 0 saturated carbocycles. The van der Waals surface area contributed by atoms with Gasteiger partial charge in [0.15, 0.2) is 11.5 Å². The predicted molar refractivity (Wildman–Crippen MR) is 52.2 cm³/mol. The molecule has 0 bridgehead atoms. The first-order chi connectivity index (χ1) is 7.29. The summed E-state index contributed by atoms with van der Waals surface area (Å²) in [5.74, 6) is 0.771. The van der Waals surface area contributed by atoms with Gasteiger partial charge in [0, 0.05) is 0 Å². The Morgan fingerprint density at radius 1 is 1.40 bits per heavy atom. The molecule has 0 aromatic heterocycles. The summed E-state index contributed by atoms with van der Waals surface area (Å²) < 4.78 is 10.3. The Balaban J connectivity index is 2.21. The van der Waals surface area contributed by atoms with Gasteiger partial charge in [-0.15, -0.1) is 0 Å². The molecule has 0 aliphatic carbocycles. The maximum Gasteiger partial charge on any atom is 0.255 e. The van der Waals surface area contributed by atoms with Crippen molar-refractivity contribution in [2.24, 2.45) is 0 Å². The number of benzene rings is 1. The molecule has 15 heavy (non-hydrogen) atoms. The zero-order valence-corrected chi connectivity index (χ0v) is 7.77. The van der Waals surface area contributed by atoms with E-state index in [2.05, 4.69) is 0 Å². The second kappa shape index (κ2) is 3.84. The van der Waals surface area contributed by atoms with Gasteiger partial charge < -0.3 is 9.47 Å². The van der Waals surface area contributed by atoms with E-state index < -0.39 is 5.78 Å². The molecule has 4 heteroatoms. The molecule has 2 rings (SSSR count). The van der Waals surface area contributed by atoms with Gasteiger partial charge in [0.1, 0.15) is 6.07 Å². The minimum atomic E-state index is -0.576. The Kier molecular flexibility index (Phi) is 2.38. The van der Waals surface area contributed by atoms with E-state index in [1.807, 2.05) is 0 Å². The highest BCUT2D eigenvalue weighted by Crippen LogP contribution is 2.32. The Morgan fingerprint density at radius 2 is 2.20 bits per heavy atom. The molecule has 0 radical (unpaired) electrons. The van der Waals surface area contributed by atoms with E-state index in [9.17, 15) is 4.79 Å². The van der Waals surface area contributed by atoms with Crippen LogP contribution in [0.15, 0.2) is 24.3 Å². The van der Waals surface area contributed by atoms with Gasteiger partial charge in [0.05, 0.1) is 0 Å². The summed E-state index contributed by atoms with van der Waals surface area (Å²) in [6.45, 7) is 0.222. The van der Waals surface area contributed by atoms with Crippen LogP contribution in [-0.2, 0) is 4.79 Å². The van der Waals surface area contributed by atoms with E-state index in [1.165, 1.54) is 12.1 Å². The van der Waals surface area contributed by atoms with Gasteiger partial charge in [-0.1, -0.05) is 12.1 Å². The number of carbonyl (C=O) groups excluding carboxylic acids is 1. The lowest BCUT2D eigenvalue weighted by Gasteiger charge is -1.96. The molecule has 1 aliphatic rings. The monoisotopic (exact) mass is 201 g/mol. The topological polar surface area (TPSA) is 59.3 Å². The molecule has 1 aliphatic heterocycles. The Labute approximate surface area is 86.3 Å². The summed E-state index contributed by atoms with van der Waals surface area (Å²) in [5, 5.41) is 8.27. The van der Waals surface area contributed by atoms with Crippen molar-refractivity contribution in [1.82, 2.24) is 0 Å². The van der Waals surface area contributed by atoms with Gasteiger partial charge >= 0.3 is 0 Å². The molecule has 0 N–H and O–H groups in total. The SMILES string of the molecule is N#CC(=O)C=Cc1ccc2c(c1)OCO2. The number of hydrogen-bond donors (Lipinski definition) is 0. The number of ether oxygens (including phenoxy) is 2. The standard InChI is InChI=1S/C11H7NO3/c12-6-9(13)3-1-8-2-4-10-11(5-8)15-7-14-10/h1-5H,7H2. The first kappa shape index (κ1) is 9.28. The number of ketones is 1. The summed E-state index contributed by atoms with van der Waals surface area (Å²) in [4.78, 5) is 10.7. The first-order valence-electron chi connectivity index (χ1n) is 4.31. The van der Waals surface area contributed by atoms with Crippen LogP contribution in [0.2, 0.25) is 0 Å². The summed E-state index contributed by atoms with van der Waals surface area (Å²) in [5.41, 5.74) is 0.794. The summed E-state index contributed by atoms with van der Waals surface area (Å²) in [6.07, 6.45) is 2.78. The molecule has 1 aromatic carbocycles.